The van der Waals surface area contributed by atoms with Crippen molar-refractivity contribution >= 4 is 5.96 Å². The zero-order valence-corrected chi connectivity index (χ0v) is 15.5. The quantitative estimate of drug-likeness (QED) is 0.629. The number of aromatic nitrogens is 5. The molecule has 1 unspecified atom stereocenters. The van der Waals surface area contributed by atoms with Gasteiger partial charge in [0.1, 0.15) is 12.9 Å². The van der Waals surface area contributed by atoms with E-state index in [1.54, 1.807) is 6.33 Å². The summed E-state index contributed by atoms with van der Waals surface area (Å²) in [6, 6.07) is 0.752. The second kappa shape index (κ2) is 7.67. The maximum absolute atomic E-state index is 4.75. The van der Waals surface area contributed by atoms with Crippen LogP contribution in [0, 0.1) is 0 Å². The smallest absolute Gasteiger partial charge is 0.191 e. The Labute approximate surface area is 148 Å². The van der Waals surface area contributed by atoms with Crippen molar-refractivity contribution in [2.75, 3.05) is 6.54 Å². The number of nitrogens with zero attached hydrogens (tertiary/aromatic N) is 6. The fourth-order valence-corrected chi connectivity index (χ4v) is 3.01. The van der Waals surface area contributed by atoms with Gasteiger partial charge in [-0.1, -0.05) is 0 Å². The third-order valence-corrected chi connectivity index (χ3v) is 4.49. The first-order valence-electron chi connectivity index (χ1n) is 9.01. The number of hydrogen-bond donors (Lipinski definition) is 2. The molecule has 0 saturated heterocycles. The minimum Gasteiger partial charge on any atom is -0.357 e. The van der Waals surface area contributed by atoms with Crippen LogP contribution < -0.4 is 10.6 Å². The number of fused-ring (bicyclic) bond motifs is 1. The van der Waals surface area contributed by atoms with Crippen molar-refractivity contribution in [1.29, 1.82) is 0 Å². The summed E-state index contributed by atoms with van der Waals surface area (Å²) >= 11 is 0. The molecule has 0 fully saturated rings. The van der Waals surface area contributed by atoms with Gasteiger partial charge in [0.05, 0.1) is 5.69 Å². The first-order valence-corrected chi connectivity index (χ1v) is 9.01. The fraction of sp³-hybridized carbons (Fsp3) is 0.647. The monoisotopic (exact) mass is 344 g/mol. The van der Waals surface area contributed by atoms with Crippen LogP contribution in [0.2, 0.25) is 0 Å². The number of rotatable bonds is 5. The molecule has 1 aliphatic rings. The highest BCUT2D eigenvalue weighted by Crippen LogP contribution is 2.21. The molecule has 2 aromatic heterocycles. The summed E-state index contributed by atoms with van der Waals surface area (Å²) in [5.74, 6) is 1.67. The van der Waals surface area contributed by atoms with Crippen molar-refractivity contribution in [3.8, 4) is 0 Å². The number of guanidine groups is 1. The summed E-state index contributed by atoms with van der Waals surface area (Å²) in [6.45, 7) is 7.73. The Kier molecular flexibility index (Phi) is 5.35. The molecule has 8 nitrogen and oxygen atoms in total. The fourth-order valence-electron chi connectivity index (χ4n) is 3.01. The van der Waals surface area contributed by atoms with E-state index in [1.165, 1.54) is 11.3 Å². The molecule has 25 heavy (non-hydrogen) atoms. The molecule has 0 bridgehead atoms. The number of nitrogens with one attached hydrogen (secondary N) is 2. The van der Waals surface area contributed by atoms with Crippen LogP contribution in [0.1, 0.15) is 50.3 Å². The van der Waals surface area contributed by atoms with Crippen molar-refractivity contribution in [2.45, 2.75) is 58.7 Å². The molecule has 0 saturated carbocycles. The molecule has 1 aliphatic carbocycles. The Morgan fingerprint density at radius 3 is 2.96 bits per heavy atom. The van der Waals surface area contributed by atoms with Crippen molar-refractivity contribution in [1.82, 2.24) is 35.2 Å². The third-order valence-electron chi connectivity index (χ3n) is 4.49. The maximum atomic E-state index is 4.75. The summed E-state index contributed by atoms with van der Waals surface area (Å²) in [7, 11) is 1.93. The molecule has 3 rings (SSSR count). The predicted molar refractivity (Wildman–Crippen MR) is 97.4 cm³/mol. The van der Waals surface area contributed by atoms with Crippen LogP contribution in [-0.2, 0) is 26.4 Å². The Balaban J connectivity index is 1.65. The van der Waals surface area contributed by atoms with E-state index in [1.807, 2.05) is 11.6 Å². The highest BCUT2D eigenvalue weighted by atomic mass is 15.3. The summed E-state index contributed by atoms with van der Waals surface area (Å²) in [5.41, 5.74) is 2.59. The lowest BCUT2D eigenvalue weighted by molar-refractivity contribution is 0.499. The van der Waals surface area contributed by atoms with E-state index in [9.17, 15) is 0 Å². The molecule has 0 radical (unpaired) electrons. The number of aliphatic imine (C=N–C) groups is 1. The van der Waals surface area contributed by atoms with Crippen LogP contribution in [0.15, 0.2) is 17.5 Å². The lowest BCUT2D eigenvalue weighted by Crippen LogP contribution is -2.45. The van der Waals surface area contributed by atoms with Gasteiger partial charge in [0.25, 0.3) is 0 Å². The average Bonchev–Trinajstić information content (AvgIpc) is 3.18. The molecule has 0 amide bonds. The predicted octanol–water partition coefficient (Wildman–Crippen LogP) is 1.21. The third kappa shape index (κ3) is 4.18. The van der Waals surface area contributed by atoms with Crippen LogP contribution >= 0.6 is 0 Å². The number of aryl methyl sites for hydroxylation is 2. The first-order chi connectivity index (χ1) is 12.1. The lowest BCUT2D eigenvalue weighted by atomic mass is 9.94. The second-order valence-corrected chi connectivity index (χ2v) is 6.81. The Morgan fingerprint density at radius 2 is 2.28 bits per heavy atom. The molecule has 136 valence electrons. The molecule has 0 spiro atoms. The van der Waals surface area contributed by atoms with Crippen LogP contribution in [0.4, 0.5) is 0 Å². The van der Waals surface area contributed by atoms with Gasteiger partial charge in [0, 0.05) is 38.3 Å². The Morgan fingerprint density at radius 1 is 1.44 bits per heavy atom. The Bertz CT molecular complexity index is 727. The zero-order chi connectivity index (χ0) is 17.8. The summed E-state index contributed by atoms with van der Waals surface area (Å²) in [6.07, 6.45) is 6.97. The van der Waals surface area contributed by atoms with Gasteiger partial charge in [-0.05, 0) is 39.2 Å². The maximum Gasteiger partial charge on any atom is 0.191 e. The van der Waals surface area contributed by atoms with Gasteiger partial charge >= 0.3 is 0 Å². The normalized spacial score (nSPS) is 17.6. The summed E-state index contributed by atoms with van der Waals surface area (Å²) in [4.78, 5) is 4.65. The molecule has 0 aromatic carbocycles. The van der Waals surface area contributed by atoms with Crippen LogP contribution in [0.25, 0.3) is 0 Å². The van der Waals surface area contributed by atoms with E-state index < -0.39 is 0 Å². The molecule has 2 aromatic rings. The number of hydrogen-bond acceptors (Lipinski definition) is 4. The van der Waals surface area contributed by atoms with Crippen LogP contribution in [0.3, 0.4) is 0 Å². The van der Waals surface area contributed by atoms with E-state index >= 15 is 0 Å². The van der Waals surface area contributed by atoms with E-state index in [-0.39, 0.29) is 0 Å². The lowest BCUT2D eigenvalue weighted by Gasteiger charge is -2.24. The molecule has 8 heteroatoms. The highest BCUT2D eigenvalue weighted by molar-refractivity contribution is 5.80. The van der Waals surface area contributed by atoms with E-state index in [4.69, 9.17) is 5.10 Å². The van der Waals surface area contributed by atoms with Gasteiger partial charge in [-0.25, -0.2) is 4.99 Å². The van der Waals surface area contributed by atoms with E-state index in [2.05, 4.69) is 57.5 Å². The standard InChI is InChI=1S/C17H28N8/c1-5-18-17(19-9-16-22-20-11-24(16)4)21-14-7-6-13-10-25(12(2)3)23-15(13)8-14/h10-12,14H,5-9H2,1-4H3,(H2,18,19,21). The zero-order valence-electron chi connectivity index (χ0n) is 15.5. The highest BCUT2D eigenvalue weighted by Gasteiger charge is 2.23. The van der Waals surface area contributed by atoms with Crippen molar-refractivity contribution in [3.05, 3.63) is 29.6 Å². The molecular formula is C17H28N8. The largest absolute Gasteiger partial charge is 0.357 e. The van der Waals surface area contributed by atoms with Gasteiger partial charge in [0.2, 0.25) is 0 Å². The molecular weight excluding hydrogens is 316 g/mol. The van der Waals surface area contributed by atoms with Gasteiger partial charge < -0.3 is 15.2 Å². The van der Waals surface area contributed by atoms with Gasteiger partial charge in [-0.2, -0.15) is 5.10 Å². The molecule has 0 aliphatic heterocycles. The van der Waals surface area contributed by atoms with Gasteiger partial charge in [-0.15, -0.1) is 10.2 Å². The van der Waals surface area contributed by atoms with Crippen molar-refractivity contribution < 1.29 is 0 Å². The van der Waals surface area contributed by atoms with Gasteiger partial charge in [-0.3, -0.25) is 4.68 Å². The SMILES string of the molecule is CCNC(=NCc1nncn1C)NC1CCc2cn(C(C)C)nc2C1. The molecule has 2 N–H and O–H groups in total. The topological polar surface area (TPSA) is 85.0 Å². The van der Waals surface area contributed by atoms with Crippen molar-refractivity contribution in [3.63, 3.8) is 0 Å². The molecule has 2 heterocycles. The van der Waals surface area contributed by atoms with Crippen molar-refractivity contribution in [2.24, 2.45) is 12.0 Å². The Hall–Kier alpha value is -2.38. The van der Waals surface area contributed by atoms with Crippen LogP contribution in [-0.4, -0.2) is 43.1 Å². The second-order valence-electron chi connectivity index (χ2n) is 6.81. The first kappa shape index (κ1) is 17.4. The average molecular weight is 344 g/mol. The summed E-state index contributed by atoms with van der Waals surface area (Å²) in [5, 5.41) is 19.6. The molecule has 1 atom stereocenters. The van der Waals surface area contributed by atoms with Crippen LogP contribution in [0.5, 0.6) is 0 Å². The minimum absolute atomic E-state index is 0.348. The summed E-state index contributed by atoms with van der Waals surface area (Å²) < 4.78 is 3.96. The van der Waals surface area contributed by atoms with E-state index in [0.717, 1.165) is 37.6 Å². The van der Waals surface area contributed by atoms with Gasteiger partial charge in [0.15, 0.2) is 11.8 Å². The van der Waals surface area contributed by atoms with E-state index in [0.29, 0.717) is 18.6 Å². The minimum atomic E-state index is 0.348.